The van der Waals surface area contributed by atoms with E-state index in [1.807, 2.05) is 0 Å². The summed E-state index contributed by atoms with van der Waals surface area (Å²) in [5.41, 5.74) is 0. The van der Waals surface area contributed by atoms with Crippen molar-refractivity contribution in [2.45, 2.75) is 63.9 Å². The lowest BCUT2D eigenvalue weighted by atomic mass is 9.97. The van der Waals surface area contributed by atoms with Crippen LogP contribution in [0.3, 0.4) is 0 Å². The number of nitrogens with zero attached hydrogens (tertiary/aromatic N) is 1. The average molecular weight is 339 g/mol. The number of rotatable bonds is 5. The van der Waals surface area contributed by atoms with E-state index in [4.69, 9.17) is 9.47 Å². The number of fused-ring (bicyclic) bond motifs is 1. The second-order valence-corrected chi connectivity index (χ2v) is 7.86. The molecule has 0 N–H and O–H groups in total. The van der Waals surface area contributed by atoms with Gasteiger partial charge in [0.05, 0.1) is 31.9 Å². The highest BCUT2D eigenvalue weighted by Gasteiger charge is 2.50. The number of carbonyl (C=O) groups is 1. The zero-order chi connectivity index (χ0) is 17.4. The van der Waals surface area contributed by atoms with Crippen LogP contribution < -0.4 is 0 Å². The smallest absolute Gasteiger partial charge is 0.410 e. The Bertz CT molecular complexity index is 485. The van der Waals surface area contributed by atoms with Gasteiger partial charge in [0.2, 0.25) is 0 Å². The molecule has 0 spiro atoms. The van der Waals surface area contributed by atoms with E-state index < -0.39 is 18.3 Å². The van der Waals surface area contributed by atoms with Gasteiger partial charge in [-0.2, -0.15) is 0 Å². The van der Waals surface area contributed by atoms with E-state index in [1.54, 1.807) is 4.90 Å². The molecular formula is C19H30FNO3. The molecule has 1 aliphatic heterocycles. The lowest BCUT2D eigenvalue weighted by Gasteiger charge is -2.32. The summed E-state index contributed by atoms with van der Waals surface area (Å²) < 4.78 is 25.3. The van der Waals surface area contributed by atoms with Crippen molar-refractivity contribution in [1.29, 1.82) is 0 Å². The molecule has 0 aromatic rings. The fourth-order valence-corrected chi connectivity index (χ4v) is 4.92. The van der Waals surface area contributed by atoms with Crippen LogP contribution in [0.15, 0.2) is 12.7 Å². The van der Waals surface area contributed by atoms with Crippen molar-refractivity contribution in [3.63, 3.8) is 0 Å². The molecule has 2 saturated carbocycles. The van der Waals surface area contributed by atoms with Gasteiger partial charge in [-0.1, -0.05) is 19.9 Å². The third-order valence-electron chi connectivity index (χ3n) is 6.58. The van der Waals surface area contributed by atoms with E-state index in [9.17, 15) is 9.18 Å². The first-order valence-electron chi connectivity index (χ1n) is 9.22. The van der Waals surface area contributed by atoms with E-state index in [-0.39, 0.29) is 18.1 Å². The summed E-state index contributed by atoms with van der Waals surface area (Å²) >= 11 is 0. The van der Waals surface area contributed by atoms with E-state index in [0.29, 0.717) is 13.0 Å². The number of hydrogen-bond donors (Lipinski definition) is 0. The quantitative estimate of drug-likeness (QED) is 0.715. The molecule has 3 fully saturated rings. The van der Waals surface area contributed by atoms with Gasteiger partial charge < -0.3 is 9.47 Å². The first kappa shape index (κ1) is 17.7. The maximum absolute atomic E-state index is 14.2. The van der Waals surface area contributed by atoms with Crippen LogP contribution in [0, 0.1) is 23.7 Å². The van der Waals surface area contributed by atoms with Gasteiger partial charge >= 0.3 is 6.09 Å². The molecule has 8 atom stereocenters. The van der Waals surface area contributed by atoms with Gasteiger partial charge in [-0.05, 0) is 49.4 Å². The first-order chi connectivity index (χ1) is 11.5. The molecule has 0 radical (unpaired) electrons. The third-order valence-corrected chi connectivity index (χ3v) is 6.58. The van der Waals surface area contributed by atoms with Crippen LogP contribution in [0.4, 0.5) is 9.18 Å². The SMILES string of the molecule is C=CC(F)[C@@H]1C[C@H](C)[C@H](CO[C@H]2CCC3C(C)C3C2)N1C(=O)OC. The Morgan fingerprint density at radius 1 is 1.33 bits per heavy atom. The highest BCUT2D eigenvalue weighted by atomic mass is 19.1. The highest BCUT2D eigenvalue weighted by Crippen LogP contribution is 2.55. The molecule has 24 heavy (non-hydrogen) atoms. The Morgan fingerprint density at radius 3 is 2.71 bits per heavy atom. The van der Waals surface area contributed by atoms with Crippen LogP contribution in [0.5, 0.6) is 0 Å². The topological polar surface area (TPSA) is 38.8 Å². The molecule has 4 nitrogen and oxygen atoms in total. The highest BCUT2D eigenvalue weighted by molar-refractivity contribution is 5.69. The maximum Gasteiger partial charge on any atom is 0.410 e. The number of amides is 1. The van der Waals surface area contributed by atoms with Crippen molar-refractivity contribution in [2.75, 3.05) is 13.7 Å². The average Bonchev–Trinajstić information content (AvgIpc) is 3.11. The Morgan fingerprint density at radius 2 is 2.08 bits per heavy atom. The number of likely N-dealkylation sites (tertiary alicyclic amines) is 1. The molecule has 4 unspecified atom stereocenters. The maximum atomic E-state index is 14.2. The van der Waals surface area contributed by atoms with Crippen LogP contribution in [0.25, 0.3) is 0 Å². The number of alkyl halides is 1. The van der Waals surface area contributed by atoms with E-state index in [0.717, 1.165) is 30.6 Å². The molecule has 1 amide bonds. The van der Waals surface area contributed by atoms with Crippen molar-refractivity contribution in [3.8, 4) is 0 Å². The van der Waals surface area contributed by atoms with E-state index >= 15 is 0 Å². The van der Waals surface area contributed by atoms with Crippen LogP contribution in [0.1, 0.15) is 39.5 Å². The fraction of sp³-hybridized carbons (Fsp3) is 0.842. The molecule has 0 aromatic heterocycles. The van der Waals surface area contributed by atoms with E-state index in [2.05, 4.69) is 20.4 Å². The molecule has 136 valence electrons. The molecule has 2 aliphatic carbocycles. The predicted molar refractivity (Wildman–Crippen MR) is 90.4 cm³/mol. The molecule has 0 bridgehead atoms. The summed E-state index contributed by atoms with van der Waals surface area (Å²) in [4.78, 5) is 13.7. The predicted octanol–water partition coefficient (Wildman–Crippen LogP) is 3.81. The largest absolute Gasteiger partial charge is 0.453 e. The number of ether oxygens (including phenoxy) is 2. The van der Waals surface area contributed by atoms with Gasteiger partial charge in [-0.15, -0.1) is 6.58 Å². The standard InChI is InChI=1S/C19H30FNO3/c1-5-16(20)17-8-11(2)18(21(17)19(22)23-4)10-24-13-6-7-14-12(3)15(14)9-13/h5,11-18H,1,6-10H2,2-4H3/t11-,12?,13-,14?,15?,16?,17-,18-/m0/s1. The lowest BCUT2D eigenvalue weighted by Crippen LogP contribution is -2.47. The van der Waals surface area contributed by atoms with E-state index in [1.165, 1.54) is 19.6 Å². The summed E-state index contributed by atoms with van der Waals surface area (Å²) in [7, 11) is 1.34. The summed E-state index contributed by atoms with van der Waals surface area (Å²) in [6.45, 7) is 8.38. The Kier molecular flexibility index (Phi) is 5.19. The van der Waals surface area contributed by atoms with Crippen molar-refractivity contribution < 1.29 is 18.7 Å². The molecule has 1 saturated heterocycles. The monoisotopic (exact) mass is 339 g/mol. The Hall–Kier alpha value is -1.10. The summed E-state index contributed by atoms with van der Waals surface area (Å²) in [5.74, 6) is 2.76. The van der Waals surface area contributed by atoms with Gasteiger partial charge in [0, 0.05) is 0 Å². The normalized spacial score (nSPS) is 42.3. The summed E-state index contributed by atoms with van der Waals surface area (Å²) in [5, 5.41) is 0. The minimum atomic E-state index is -1.24. The number of methoxy groups -OCH3 is 1. The first-order valence-corrected chi connectivity index (χ1v) is 9.22. The van der Waals surface area contributed by atoms with Crippen LogP contribution in [-0.4, -0.2) is 49.1 Å². The molecule has 3 aliphatic rings. The minimum absolute atomic E-state index is 0.130. The fourth-order valence-electron chi connectivity index (χ4n) is 4.92. The third kappa shape index (κ3) is 3.19. The number of halogens is 1. The second-order valence-electron chi connectivity index (χ2n) is 7.86. The van der Waals surface area contributed by atoms with Crippen molar-refractivity contribution in [1.82, 2.24) is 4.90 Å². The zero-order valence-corrected chi connectivity index (χ0v) is 15.0. The molecule has 5 heteroatoms. The second kappa shape index (κ2) is 7.03. The summed E-state index contributed by atoms with van der Waals surface area (Å²) in [6.07, 6.45) is 3.95. The number of carbonyl (C=O) groups excluding carboxylic acids is 1. The van der Waals surface area contributed by atoms with Crippen molar-refractivity contribution in [2.24, 2.45) is 23.7 Å². The van der Waals surface area contributed by atoms with Crippen LogP contribution >= 0.6 is 0 Å². The molecule has 0 aromatic carbocycles. The van der Waals surface area contributed by atoms with Crippen LogP contribution in [0.2, 0.25) is 0 Å². The molecule has 3 rings (SSSR count). The van der Waals surface area contributed by atoms with Crippen molar-refractivity contribution >= 4 is 6.09 Å². The Balaban J connectivity index is 1.61. The lowest BCUT2D eigenvalue weighted by molar-refractivity contribution is -0.0143. The summed E-state index contributed by atoms with van der Waals surface area (Å²) in [6, 6.07) is -0.632. The van der Waals surface area contributed by atoms with Gasteiger partial charge in [-0.3, -0.25) is 4.90 Å². The van der Waals surface area contributed by atoms with Gasteiger partial charge in [0.25, 0.3) is 0 Å². The van der Waals surface area contributed by atoms with Gasteiger partial charge in [0.15, 0.2) is 0 Å². The molecular weight excluding hydrogens is 309 g/mol. The molecule has 1 heterocycles. The van der Waals surface area contributed by atoms with Crippen LogP contribution in [-0.2, 0) is 9.47 Å². The zero-order valence-electron chi connectivity index (χ0n) is 15.0. The number of hydrogen-bond acceptors (Lipinski definition) is 3. The Labute approximate surface area is 144 Å². The van der Waals surface area contributed by atoms with Crippen molar-refractivity contribution in [3.05, 3.63) is 12.7 Å². The minimum Gasteiger partial charge on any atom is -0.453 e. The van der Waals surface area contributed by atoms with Gasteiger partial charge in [-0.25, -0.2) is 9.18 Å². The van der Waals surface area contributed by atoms with Gasteiger partial charge in [0.1, 0.15) is 6.17 Å².